The topological polar surface area (TPSA) is 12.0 Å². The molecule has 0 spiro atoms. The Hall–Kier alpha value is -1.67. The molecule has 0 bridgehead atoms. The third-order valence-corrected chi connectivity index (χ3v) is 4.23. The van der Waals surface area contributed by atoms with Gasteiger partial charge in [-0.3, -0.25) is 0 Å². The van der Waals surface area contributed by atoms with Gasteiger partial charge in [0.2, 0.25) is 0 Å². The highest BCUT2D eigenvalue weighted by Crippen LogP contribution is 2.21. The molecule has 1 N–H and O–H groups in total. The molecule has 0 amide bonds. The Kier molecular flexibility index (Phi) is 3.83. The maximum Gasteiger partial charge on any atom is 0.123 e. The van der Waals surface area contributed by atoms with Crippen molar-refractivity contribution < 1.29 is 4.39 Å². The molecule has 0 radical (unpaired) electrons. The van der Waals surface area contributed by atoms with E-state index in [9.17, 15) is 4.39 Å². The van der Waals surface area contributed by atoms with E-state index in [1.807, 2.05) is 13.0 Å². The van der Waals surface area contributed by atoms with Gasteiger partial charge in [0.1, 0.15) is 5.82 Å². The van der Waals surface area contributed by atoms with Crippen LogP contribution in [-0.4, -0.2) is 6.04 Å². The first-order chi connectivity index (χ1) is 9.72. The van der Waals surface area contributed by atoms with Crippen LogP contribution in [0.15, 0.2) is 42.5 Å². The third kappa shape index (κ3) is 2.91. The zero-order valence-electron chi connectivity index (χ0n) is 11.8. The van der Waals surface area contributed by atoms with Crippen LogP contribution in [0.3, 0.4) is 0 Å². The highest BCUT2D eigenvalue weighted by molar-refractivity contribution is 5.31. The zero-order valence-corrected chi connectivity index (χ0v) is 11.8. The molecule has 0 saturated carbocycles. The Labute approximate surface area is 119 Å². The Morgan fingerprint density at radius 1 is 1.15 bits per heavy atom. The van der Waals surface area contributed by atoms with E-state index in [-0.39, 0.29) is 5.82 Å². The van der Waals surface area contributed by atoms with Gasteiger partial charge >= 0.3 is 0 Å². The molecule has 0 heterocycles. The van der Waals surface area contributed by atoms with Crippen molar-refractivity contribution in [1.29, 1.82) is 0 Å². The van der Waals surface area contributed by atoms with E-state index < -0.39 is 0 Å². The van der Waals surface area contributed by atoms with E-state index in [1.54, 1.807) is 12.1 Å². The smallest absolute Gasteiger partial charge is 0.123 e. The molecular formula is C18H20FN. The molecule has 1 unspecified atom stereocenters. The van der Waals surface area contributed by atoms with Crippen LogP contribution in [-0.2, 0) is 19.4 Å². The molecule has 2 aromatic rings. The first-order valence-corrected chi connectivity index (χ1v) is 7.27. The predicted octanol–water partition coefficient (Wildman–Crippen LogP) is 3.78. The maximum atomic E-state index is 13.1. The van der Waals surface area contributed by atoms with Gasteiger partial charge in [0.15, 0.2) is 0 Å². The number of hydrogen-bond donors (Lipinski definition) is 1. The van der Waals surface area contributed by atoms with E-state index in [4.69, 9.17) is 0 Å². The molecule has 0 fully saturated rings. The van der Waals surface area contributed by atoms with Crippen molar-refractivity contribution in [3.63, 3.8) is 0 Å². The van der Waals surface area contributed by atoms with Gasteiger partial charge in [-0.25, -0.2) is 4.39 Å². The minimum absolute atomic E-state index is 0.155. The molecule has 0 aliphatic heterocycles. The quantitative estimate of drug-likeness (QED) is 0.894. The van der Waals surface area contributed by atoms with Crippen molar-refractivity contribution in [1.82, 2.24) is 5.32 Å². The second-order valence-electron chi connectivity index (χ2n) is 5.66. The molecule has 1 atom stereocenters. The summed E-state index contributed by atoms with van der Waals surface area (Å²) in [4.78, 5) is 0. The number of hydrogen-bond acceptors (Lipinski definition) is 1. The molecule has 2 heteroatoms. The van der Waals surface area contributed by atoms with Crippen LogP contribution < -0.4 is 5.32 Å². The molecule has 1 nitrogen and oxygen atoms in total. The van der Waals surface area contributed by atoms with E-state index in [0.29, 0.717) is 6.04 Å². The van der Waals surface area contributed by atoms with E-state index in [0.717, 1.165) is 24.9 Å². The highest BCUT2D eigenvalue weighted by Gasteiger charge is 2.17. The lowest BCUT2D eigenvalue weighted by Gasteiger charge is -2.26. The van der Waals surface area contributed by atoms with Crippen LogP contribution in [0.1, 0.15) is 28.7 Å². The monoisotopic (exact) mass is 269 g/mol. The van der Waals surface area contributed by atoms with Gasteiger partial charge in [-0.1, -0.05) is 30.3 Å². The normalized spacial score (nSPS) is 17.8. The summed E-state index contributed by atoms with van der Waals surface area (Å²) in [6, 6.07) is 14.2. The van der Waals surface area contributed by atoms with Crippen LogP contribution >= 0.6 is 0 Å². The fraction of sp³-hybridized carbons (Fsp3) is 0.333. The molecule has 2 aromatic carbocycles. The van der Waals surface area contributed by atoms with Crippen molar-refractivity contribution in [3.8, 4) is 0 Å². The summed E-state index contributed by atoms with van der Waals surface area (Å²) in [5.74, 6) is -0.155. The average Bonchev–Trinajstić information content (AvgIpc) is 2.46. The van der Waals surface area contributed by atoms with Crippen molar-refractivity contribution in [2.45, 2.75) is 38.8 Å². The minimum atomic E-state index is -0.155. The summed E-state index contributed by atoms with van der Waals surface area (Å²) in [6.45, 7) is 2.79. The molecule has 3 rings (SSSR count). The average molecular weight is 269 g/mol. The summed E-state index contributed by atoms with van der Waals surface area (Å²) < 4.78 is 13.1. The fourth-order valence-electron chi connectivity index (χ4n) is 2.98. The lowest BCUT2D eigenvalue weighted by molar-refractivity contribution is 0.457. The van der Waals surface area contributed by atoms with E-state index >= 15 is 0 Å². The van der Waals surface area contributed by atoms with Gasteiger partial charge < -0.3 is 5.32 Å². The number of aryl methyl sites for hydroxylation is 2. The summed E-state index contributed by atoms with van der Waals surface area (Å²) in [6.07, 6.45) is 3.42. The van der Waals surface area contributed by atoms with Crippen LogP contribution in [0.2, 0.25) is 0 Å². The standard InChI is InChI=1S/C18H20FN/c1-13-10-17(19)8-6-16(13)12-20-18-9-7-14-4-2-3-5-15(14)11-18/h2-6,8,10,18,20H,7,9,11-12H2,1H3. The maximum absolute atomic E-state index is 13.1. The minimum Gasteiger partial charge on any atom is -0.310 e. The summed E-state index contributed by atoms with van der Waals surface area (Å²) >= 11 is 0. The molecule has 1 aliphatic carbocycles. The van der Waals surface area contributed by atoms with E-state index in [1.165, 1.54) is 23.1 Å². The van der Waals surface area contributed by atoms with Gasteiger partial charge in [-0.05, 0) is 60.6 Å². The van der Waals surface area contributed by atoms with E-state index in [2.05, 4.69) is 29.6 Å². The summed E-state index contributed by atoms with van der Waals surface area (Å²) in [7, 11) is 0. The molecule has 104 valence electrons. The number of rotatable bonds is 3. The van der Waals surface area contributed by atoms with Crippen molar-refractivity contribution >= 4 is 0 Å². The van der Waals surface area contributed by atoms with Crippen LogP contribution in [0.4, 0.5) is 4.39 Å². The predicted molar refractivity (Wildman–Crippen MR) is 80.2 cm³/mol. The van der Waals surface area contributed by atoms with Gasteiger partial charge in [0, 0.05) is 12.6 Å². The van der Waals surface area contributed by atoms with Crippen molar-refractivity contribution in [3.05, 3.63) is 70.5 Å². The lowest BCUT2D eigenvalue weighted by Crippen LogP contribution is -2.34. The second kappa shape index (κ2) is 5.76. The SMILES string of the molecule is Cc1cc(F)ccc1CNC1CCc2ccccc2C1. The van der Waals surface area contributed by atoms with Crippen LogP contribution in [0.5, 0.6) is 0 Å². The number of benzene rings is 2. The molecular weight excluding hydrogens is 249 g/mol. The van der Waals surface area contributed by atoms with Crippen LogP contribution in [0.25, 0.3) is 0 Å². The van der Waals surface area contributed by atoms with Crippen molar-refractivity contribution in [2.24, 2.45) is 0 Å². The Morgan fingerprint density at radius 2 is 1.95 bits per heavy atom. The Morgan fingerprint density at radius 3 is 2.75 bits per heavy atom. The Balaban J connectivity index is 1.63. The molecule has 20 heavy (non-hydrogen) atoms. The van der Waals surface area contributed by atoms with Gasteiger partial charge in [0.05, 0.1) is 0 Å². The summed E-state index contributed by atoms with van der Waals surface area (Å²) in [5, 5.41) is 3.62. The van der Waals surface area contributed by atoms with Gasteiger partial charge in [-0.15, -0.1) is 0 Å². The summed E-state index contributed by atoms with van der Waals surface area (Å²) in [5.41, 5.74) is 5.16. The fourth-order valence-corrected chi connectivity index (χ4v) is 2.98. The van der Waals surface area contributed by atoms with Crippen LogP contribution in [0, 0.1) is 12.7 Å². The lowest BCUT2D eigenvalue weighted by atomic mass is 9.88. The zero-order chi connectivity index (χ0) is 13.9. The highest BCUT2D eigenvalue weighted by atomic mass is 19.1. The first-order valence-electron chi connectivity index (χ1n) is 7.27. The first kappa shape index (κ1) is 13.3. The molecule has 0 aromatic heterocycles. The second-order valence-corrected chi connectivity index (χ2v) is 5.66. The number of fused-ring (bicyclic) bond motifs is 1. The van der Waals surface area contributed by atoms with Gasteiger partial charge in [-0.2, -0.15) is 0 Å². The van der Waals surface area contributed by atoms with Crippen molar-refractivity contribution in [2.75, 3.05) is 0 Å². The third-order valence-electron chi connectivity index (χ3n) is 4.23. The largest absolute Gasteiger partial charge is 0.310 e. The number of halogens is 1. The number of nitrogens with one attached hydrogen (secondary N) is 1. The molecule has 1 aliphatic rings. The van der Waals surface area contributed by atoms with Gasteiger partial charge in [0.25, 0.3) is 0 Å². The molecule has 0 saturated heterocycles. The Bertz CT molecular complexity index is 606.